The lowest BCUT2D eigenvalue weighted by Crippen LogP contribution is -2.41. The molecule has 0 saturated carbocycles. The Morgan fingerprint density at radius 2 is 1.80 bits per heavy atom. The van der Waals surface area contributed by atoms with E-state index in [0.717, 1.165) is 5.56 Å². The highest BCUT2D eigenvalue weighted by Gasteiger charge is 2.12. The number of amides is 2. The maximum absolute atomic E-state index is 11.9. The van der Waals surface area contributed by atoms with Crippen molar-refractivity contribution in [3.63, 3.8) is 0 Å². The topological polar surface area (TPSA) is 70.2 Å². The Morgan fingerprint density at radius 1 is 1.15 bits per heavy atom. The third-order valence-corrected chi connectivity index (χ3v) is 2.61. The fourth-order valence-electron chi connectivity index (χ4n) is 1.58. The molecule has 20 heavy (non-hydrogen) atoms. The normalized spacial score (nSPS) is 11.1. The molecule has 0 atom stereocenters. The van der Waals surface area contributed by atoms with Crippen LogP contribution in [0.5, 0.6) is 0 Å². The lowest BCUT2D eigenvalue weighted by molar-refractivity contribution is -0.116. The number of hydrogen-bond donors (Lipinski definition) is 3. The van der Waals surface area contributed by atoms with E-state index >= 15 is 0 Å². The van der Waals surface area contributed by atoms with Crippen LogP contribution in [-0.2, 0) is 9.59 Å². The Bertz CT molecular complexity index is 504. The van der Waals surface area contributed by atoms with E-state index in [1.165, 1.54) is 6.92 Å². The van der Waals surface area contributed by atoms with Gasteiger partial charge in [-0.25, -0.2) is 0 Å². The van der Waals surface area contributed by atoms with Crippen molar-refractivity contribution >= 4 is 23.2 Å². The molecule has 0 fully saturated rings. The predicted octanol–water partition coefficient (Wildman–Crippen LogP) is 2.28. The van der Waals surface area contributed by atoms with E-state index in [1.54, 1.807) is 12.1 Å². The van der Waals surface area contributed by atoms with E-state index in [-0.39, 0.29) is 23.9 Å². The second-order valence-corrected chi connectivity index (χ2v) is 5.86. The minimum Gasteiger partial charge on any atom is -0.326 e. The minimum absolute atomic E-state index is 0.107. The van der Waals surface area contributed by atoms with Gasteiger partial charge in [-0.1, -0.05) is 6.07 Å². The first-order valence-electron chi connectivity index (χ1n) is 6.60. The number of carbonyl (C=O) groups is 2. The molecule has 1 rings (SSSR count). The molecule has 3 N–H and O–H groups in total. The molecule has 0 spiro atoms. The SMILES string of the molecule is CC(=O)Nc1ccc(C)c(NC(=O)CNC(C)(C)C)c1. The first-order valence-corrected chi connectivity index (χ1v) is 6.60. The van der Waals surface area contributed by atoms with Gasteiger partial charge in [0.2, 0.25) is 11.8 Å². The van der Waals surface area contributed by atoms with Crippen molar-refractivity contribution < 1.29 is 9.59 Å². The van der Waals surface area contributed by atoms with Crippen molar-refractivity contribution in [3.05, 3.63) is 23.8 Å². The molecule has 0 heterocycles. The molecule has 0 unspecified atom stereocenters. The molecular weight excluding hydrogens is 254 g/mol. The Hall–Kier alpha value is -1.88. The molecule has 110 valence electrons. The van der Waals surface area contributed by atoms with Gasteiger partial charge in [0.25, 0.3) is 0 Å². The van der Waals surface area contributed by atoms with Crippen molar-refractivity contribution in [2.24, 2.45) is 0 Å². The van der Waals surface area contributed by atoms with E-state index < -0.39 is 0 Å². The van der Waals surface area contributed by atoms with Crippen molar-refractivity contribution in [2.75, 3.05) is 17.2 Å². The fraction of sp³-hybridized carbons (Fsp3) is 0.467. The zero-order valence-electron chi connectivity index (χ0n) is 12.8. The Labute approximate surface area is 120 Å². The van der Waals surface area contributed by atoms with Crippen LogP contribution in [0.15, 0.2) is 18.2 Å². The van der Waals surface area contributed by atoms with Crippen molar-refractivity contribution in [1.29, 1.82) is 0 Å². The van der Waals surface area contributed by atoms with Gasteiger partial charge >= 0.3 is 0 Å². The monoisotopic (exact) mass is 277 g/mol. The van der Waals surface area contributed by atoms with Crippen molar-refractivity contribution in [3.8, 4) is 0 Å². The number of hydrogen-bond acceptors (Lipinski definition) is 3. The van der Waals surface area contributed by atoms with Crippen LogP contribution in [0, 0.1) is 6.92 Å². The Morgan fingerprint density at radius 3 is 2.35 bits per heavy atom. The van der Waals surface area contributed by atoms with Gasteiger partial charge in [0.1, 0.15) is 0 Å². The van der Waals surface area contributed by atoms with Crippen LogP contribution in [0.25, 0.3) is 0 Å². The van der Waals surface area contributed by atoms with Crippen LogP contribution >= 0.6 is 0 Å². The van der Waals surface area contributed by atoms with Gasteiger partial charge in [-0.05, 0) is 45.4 Å². The molecule has 0 aliphatic heterocycles. The summed E-state index contributed by atoms with van der Waals surface area (Å²) in [6.07, 6.45) is 0. The van der Waals surface area contributed by atoms with E-state index in [2.05, 4.69) is 16.0 Å². The minimum atomic E-state index is -0.138. The second-order valence-electron chi connectivity index (χ2n) is 5.86. The molecule has 1 aromatic carbocycles. The number of rotatable bonds is 4. The lowest BCUT2D eigenvalue weighted by atomic mass is 10.1. The summed E-state index contributed by atoms with van der Waals surface area (Å²) in [6, 6.07) is 5.42. The van der Waals surface area contributed by atoms with E-state index in [1.807, 2.05) is 33.8 Å². The predicted molar refractivity (Wildman–Crippen MR) is 81.9 cm³/mol. The first kappa shape index (κ1) is 16.2. The van der Waals surface area contributed by atoms with Gasteiger partial charge in [0, 0.05) is 23.8 Å². The van der Waals surface area contributed by atoms with Crippen LogP contribution in [0.3, 0.4) is 0 Å². The van der Waals surface area contributed by atoms with Crippen LogP contribution in [-0.4, -0.2) is 23.9 Å². The van der Waals surface area contributed by atoms with E-state index in [0.29, 0.717) is 11.4 Å². The van der Waals surface area contributed by atoms with Gasteiger partial charge in [-0.2, -0.15) is 0 Å². The molecule has 0 aromatic heterocycles. The maximum Gasteiger partial charge on any atom is 0.238 e. The zero-order valence-corrected chi connectivity index (χ0v) is 12.8. The van der Waals surface area contributed by atoms with Gasteiger partial charge in [-0.3, -0.25) is 9.59 Å². The van der Waals surface area contributed by atoms with Crippen molar-refractivity contribution in [1.82, 2.24) is 5.32 Å². The number of carbonyl (C=O) groups excluding carboxylic acids is 2. The Balaban J connectivity index is 2.71. The number of aryl methyl sites for hydroxylation is 1. The highest BCUT2D eigenvalue weighted by molar-refractivity contribution is 5.95. The molecule has 0 radical (unpaired) electrons. The molecule has 2 amide bonds. The summed E-state index contributed by atoms with van der Waals surface area (Å²) in [5, 5.41) is 8.67. The molecule has 0 saturated heterocycles. The van der Waals surface area contributed by atoms with Gasteiger partial charge in [-0.15, -0.1) is 0 Å². The Kier molecular flexibility index (Phi) is 5.27. The summed E-state index contributed by atoms with van der Waals surface area (Å²) in [6.45, 7) is 9.61. The van der Waals surface area contributed by atoms with Gasteiger partial charge in [0.05, 0.1) is 6.54 Å². The number of anilines is 2. The number of benzene rings is 1. The van der Waals surface area contributed by atoms with Gasteiger partial charge < -0.3 is 16.0 Å². The standard InChI is InChI=1S/C15H23N3O2/c1-10-6-7-12(17-11(2)19)8-13(10)18-14(20)9-16-15(3,4)5/h6-8,16H,9H2,1-5H3,(H,17,19)(H,18,20). The maximum atomic E-state index is 11.9. The molecule has 5 nitrogen and oxygen atoms in total. The summed E-state index contributed by atoms with van der Waals surface area (Å²) in [7, 11) is 0. The van der Waals surface area contributed by atoms with Crippen LogP contribution in [0.4, 0.5) is 11.4 Å². The van der Waals surface area contributed by atoms with E-state index in [9.17, 15) is 9.59 Å². The summed E-state index contributed by atoms with van der Waals surface area (Å²) >= 11 is 0. The number of nitrogens with one attached hydrogen (secondary N) is 3. The molecule has 1 aromatic rings. The average molecular weight is 277 g/mol. The summed E-state index contributed by atoms with van der Waals surface area (Å²) < 4.78 is 0. The zero-order chi connectivity index (χ0) is 15.3. The third kappa shape index (κ3) is 5.84. The molecule has 0 bridgehead atoms. The van der Waals surface area contributed by atoms with Crippen molar-refractivity contribution in [2.45, 2.75) is 40.2 Å². The van der Waals surface area contributed by atoms with Crippen LogP contribution < -0.4 is 16.0 Å². The highest BCUT2D eigenvalue weighted by atomic mass is 16.2. The lowest BCUT2D eigenvalue weighted by Gasteiger charge is -2.20. The van der Waals surface area contributed by atoms with Crippen LogP contribution in [0.1, 0.15) is 33.3 Å². The van der Waals surface area contributed by atoms with Crippen LogP contribution in [0.2, 0.25) is 0 Å². The third-order valence-electron chi connectivity index (χ3n) is 2.61. The molecule has 0 aliphatic rings. The van der Waals surface area contributed by atoms with E-state index in [4.69, 9.17) is 0 Å². The summed E-state index contributed by atoms with van der Waals surface area (Å²) in [4.78, 5) is 22.9. The average Bonchev–Trinajstić information content (AvgIpc) is 2.29. The molecule has 0 aliphatic carbocycles. The smallest absolute Gasteiger partial charge is 0.238 e. The first-order chi connectivity index (χ1) is 9.17. The fourth-order valence-corrected chi connectivity index (χ4v) is 1.58. The quantitative estimate of drug-likeness (QED) is 0.790. The highest BCUT2D eigenvalue weighted by Crippen LogP contribution is 2.20. The summed E-state index contributed by atoms with van der Waals surface area (Å²) in [5.74, 6) is -0.247. The molecular formula is C15H23N3O2. The molecule has 5 heteroatoms. The summed E-state index contributed by atoms with van der Waals surface area (Å²) in [5.41, 5.74) is 2.21. The van der Waals surface area contributed by atoms with Gasteiger partial charge in [0.15, 0.2) is 0 Å². The largest absolute Gasteiger partial charge is 0.326 e. The second kappa shape index (κ2) is 6.52.